The van der Waals surface area contributed by atoms with E-state index in [9.17, 15) is 58.3 Å². The Morgan fingerprint density at radius 1 is 0.947 bits per heavy atom. The number of rotatable bonds is 6. The first-order valence-electron chi connectivity index (χ1n) is 10.3. The molecule has 8 N–H and O–H groups in total. The van der Waals surface area contributed by atoms with E-state index < -0.39 is 98.0 Å². The van der Waals surface area contributed by atoms with Crippen LogP contribution in [0.15, 0.2) is 39.5 Å². The maximum atomic E-state index is 13.4. The highest BCUT2D eigenvalue weighted by Gasteiger charge is 2.48. The van der Waals surface area contributed by atoms with Gasteiger partial charge in [-0.1, -0.05) is 0 Å². The number of phenolic OH excluding ortho intramolecular Hbond substituents is 3. The summed E-state index contributed by atoms with van der Waals surface area (Å²) in [4.78, 5) is 24.7. The molecule has 1 unspecified atom stereocenters. The van der Waals surface area contributed by atoms with Crippen molar-refractivity contribution in [2.45, 2.75) is 30.7 Å². The third kappa shape index (κ3) is 5.01. The van der Waals surface area contributed by atoms with Gasteiger partial charge in [0.15, 0.2) is 23.4 Å². The molecule has 0 amide bonds. The lowest BCUT2D eigenvalue weighted by Crippen LogP contribution is -2.61. The maximum absolute atomic E-state index is 13.4. The molecule has 17 heteroatoms. The predicted molar refractivity (Wildman–Crippen MR) is 120 cm³/mol. The molecule has 0 bridgehead atoms. The fourth-order valence-corrected chi connectivity index (χ4v) is 4.02. The molecule has 204 valence electrons. The van der Waals surface area contributed by atoms with Gasteiger partial charge >= 0.3 is 16.4 Å². The molecule has 38 heavy (non-hydrogen) atoms. The van der Waals surface area contributed by atoms with E-state index in [1.165, 1.54) is 0 Å². The van der Waals surface area contributed by atoms with Gasteiger partial charge in [-0.25, -0.2) is 4.79 Å². The molecule has 3 aromatic rings. The van der Waals surface area contributed by atoms with Crippen LogP contribution >= 0.6 is 0 Å². The summed E-state index contributed by atoms with van der Waals surface area (Å²) in [5.41, 5.74) is -2.07. The van der Waals surface area contributed by atoms with Crippen molar-refractivity contribution >= 4 is 27.3 Å². The second kappa shape index (κ2) is 9.63. The monoisotopic (exact) mass is 558 g/mol. The molecular weight excluding hydrogens is 540 g/mol. The van der Waals surface area contributed by atoms with Gasteiger partial charge < -0.3 is 53.8 Å². The van der Waals surface area contributed by atoms with Gasteiger partial charge in [0.2, 0.25) is 17.5 Å². The first kappa shape index (κ1) is 26.9. The fourth-order valence-electron chi connectivity index (χ4n) is 3.66. The van der Waals surface area contributed by atoms with Crippen LogP contribution in [0, 0.1) is 0 Å². The van der Waals surface area contributed by atoms with Crippen LogP contribution in [0.4, 0.5) is 0 Å². The van der Waals surface area contributed by atoms with Gasteiger partial charge in [-0.2, -0.15) is 8.42 Å². The normalized spacial score (nSPS) is 23.7. The molecule has 16 nitrogen and oxygen atoms in total. The van der Waals surface area contributed by atoms with Crippen LogP contribution in [-0.2, 0) is 19.9 Å². The number of aromatic hydroxyl groups is 3. The number of carboxylic acid groups (broad SMARTS) is 1. The van der Waals surface area contributed by atoms with E-state index in [4.69, 9.17) is 13.9 Å². The van der Waals surface area contributed by atoms with Crippen LogP contribution in [0.2, 0.25) is 0 Å². The number of fused-ring (bicyclic) bond motifs is 1. The summed E-state index contributed by atoms with van der Waals surface area (Å²) in [5, 5.41) is 68.1. The van der Waals surface area contributed by atoms with E-state index in [-0.39, 0.29) is 5.56 Å². The van der Waals surface area contributed by atoms with Gasteiger partial charge in [0.25, 0.3) is 0 Å². The lowest BCUT2D eigenvalue weighted by molar-refractivity contribution is -0.270. The number of phenols is 3. The Labute approximate surface area is 210 Å². The summed E-state index contributed by atoms with van der Waals surface area (Å²) >= 11 is 0. The molecule has 1 aliphatic rings. The van der Waals surface area contributed by atoms with Crippen molar-refractivity contribution in [3.05, 3.63) is 40.6 Å². The smallest absolute Gasteiger partial charge is 0.446 e. The van der Waals surface area contributed by atoms with Crippen molar-refractivity contribution in [3.8, 4) is 40.1 Å². The molecule has 0 saturated carbocycles. The van der Waals surface area contributed by atoms with Crippen LogP contribution in [-0.4, -0.2) is 85.4 Å². The van der Waals surface area contributed by atoms with Crippen molar-refractivity contribution in [1.82, 2.24) is 0 Å². The van der Waals surface area contributed by atoms with E-state index in [1.54, 1.807) is 0 Å². The Balaban J connectivity index is 1.92. The van der Waals surface area contributed by atoms with Gasteiger partial charge in [0, 0.05) is 17.7 Å². The standard InChI is InChI=1S/C21H18O16S/c22-7-4-10-12(11(5-7)35-21-16(28)14(26)15(27)19(36-21)20(29)30)13(25)18(37-38(31,32)33)17(34-10)6-1-2-8(23)9(24)3-6/h1-5,14-16,19,21-24,26-28H,(H,29,30)(H,31,32,33)/t14-,15-,16+,19-,21?/m0/s1. The zero-order valence-corrected chi connectivity index (χ0v) is 19.3. The van der Waals surface area contributed by atoms with Crippen molar-refractivity contribution in [2.24, 2.45) is 0 Å². The van der Waals surface area contributed by atoms with E-state index in [0.717, 1.165) is 30.3 Å². The lowest BCUT2D eigenvalue weighted by atomic mass is 9.99. The minimum atomic E-state index is -5.36. The second-order valence-electron chi connectivity index (χ2n) is 7.97. The molecule has 1 aliphatic heterocycles. The number of carbonyl (C=O) groups is 1. The molecular formula is C21H18O16S. The van der Waals surface area contributed by atoms with Crippen molar-refractivity contribution < 1.29 is 71.6 Å². The van der Waals surface area contributed by atoms with E-state index in [1.807, 2.05) is 0 Å². The van der Waals surface area contributed by atoms with Gasteiger partial charge in [-0.3, -0.25) is 9.35 Å². The Morgan fingerprint density at radius 2 is 1.63 bits per heavy atom. The number of aliphatic carboxylic acids is 1. The first-order chi connectivity index (χ1) is 17.7. The lowest BCUT2D eigenvalue weighted by Gasteiger charge is -2.38. The summed E-state index contributed by atoms with van der Waals surface area (Å²) in [5.74, 6) is -6.19. The quantitative estimate of drug-likeness (QED) is 0.133. The summed E-state index contributed by atoms with van der Waals surface area (Å²) < 4.78 is 52.5. The van der Waals surface area contributed by atoms with Crippen molar-refractivity contribution in [1.29, 1.82) is 0 Å². The molecule has 1 aromatic heterocycles. The Morgan fingerprint density at radius 3 is 2.24 bits per heavy atom. The van der Waals surface area contributed by atoms with E-state index >= 15 is 0 Å². The number of hydrogen-bond donors (Lipinski definition) is 8. The third-order valence-corrected chi connectivity index (χ3v) is 5.76. The van der Waals surface area contributed by atoms with Gasteiger partial charge in [0.05, 0.1) is 0 Å². The zero-order chi connectivity index (χ0) is 28.1. The van der Waals surface area contributed by atoms with Gasteiger partial charge in [-0.05, 0) is 18.2 Å². The summed E-state index contributed by atoms with van der Waals surface area (Å²) in [6, 6.07) is 4.55. The average Bonchev–Trinajstić information content (AvgIpc) is 2.81. The molecule has 2 aromatic carbocycles. The molecule has 5 atom stereocenters. The maximum Gasteiger partial charge on any atom is 0.446 e. The number of carboxylic acids is 1. The van der Waals surface area contributed by atoms with Crippen molar-refractivity contribution in [3.63, 3.8) is 0 Å². The molecule has 0 aliphatic carbocycles. The number of aliphatic hydroxyl groups is 3. The van der Waals surface area contributed by atoms with E-state index in [0.29, 0.717) is 0 Å². The number of hydrogen-bond acceptors (Lipinski definition) is 14. The molecule has 1 fully saturated rings. The largest absolute Gasteiger partial charge is 0.508 e. The Bertz CT molecular complexity index is 1580. The van der Waals surface area contributed by atoms with Crippen molar-refractivity contribution in [2.75, 3.05) is 0 Å². The summed E-state index contributed by atoms with van der Waals surface area (Å²) in [7, 11) is -5.36. The van der Waals surface area contributed by atoms with Gasteiger partial charge in [-0.15, -0.1) is 0 Å². The second-order valence-corrected chi connectivity index (χ2v) is 9.00. The molecule has 1 saturated heterocycles. The molecule has 4 rings (SSSR count). The first-order valence-corrected chi connectivity index (χ1v) is 11.7. The van der Waals surface area contributed by atoms with Crippen LogP contribution in [0.1, 0.15) is 0 Å². The molecule has 0 spiro atoms. The summed E-state index contributed by atoms with van der Waals surface area (Å²) in [6.07, 6.45) is -10.3. The average molecular weight is 558 g/mol. The molecule has 2 heterocycles. The van der Waals surface area contributed by atoms with Crippen LogP contribution < -0.4 is 14.3 Å². The topological polar surface area (TPSA) is 271 Å². The Kier molecular flexibility index (Phi) is 6.82. The number of ether oxygens (including phenoxy) is 2. The van der Waals surface area contributed by atoms with Crippen LogP contribution in [0.5, 0.6) is 28.7 Å². The summed E-state index contributed by atoms with van der Waals surface area (Å²) in [6.45, 7) is 0. The zero-order valence-electron chi connectivity index (χ0n) is 18.5. The highest BCUT2D eigenvalue weighted by molar-refractivity contribution is 7.81. The molecule has 0 radical (unpaired) electrons. The SMILES string of the molecule is O=C(O)[C@H]1OC(Oc2cc(O)cc3oc(-c4ccc(O)c(O)c4)c(OS(=O)(=O)O)c(=O)c23)[C@H](O)[C@@H](O)[C@@H]1O. The van der Waals surface area contributed by atoms with Gasteiger partial charge in [0.1, 0.15) is 40.8 Å². The Hall–Kier alpha value is -4.13. The predicted octanol–water partition coefficient (Wildman–Crippen LogP) is -0.971. The fraction of sp³-hybridized carbons (Fsp3) is 0.238. The minimum absolute atomic E-state index is 0.226. The van der Waals surface area contributed by atoms with E-state index in [2.05, 4.69) is 4.18 Å². The van der Waals surface area contributed by atoms with Crippen LogP contribution in [0.25, 0.3) is 22.3 Å². The number of aliphatic hydroxyl groups excluding tert-OH is 3. The third-order valence-electron chi connectivity index (χ3n) is 5.38. The number of benzene rings is 2. The van der Waals surface area contributed by atoms with Crippen LogP contribution in [0.3, 0.4) is 0 Å². The minimum Gasteiger partial charge on any atom is -0.508 e. The highest BCUT2D eigenvalue weighted by atomic mass is 32.3. The highest BCUT2D eigenvalue weighted by Crippen LogP contribution is 2.39.